The minimum atomic E-state index is -0.823. The van der Waals surface area contributed by atoms with Gasteiger partial charge in [0.05, 0.1) is 32.8 Å². The third kappa shape index (κ3) is 4.67. The number of carboxylic acids is 1. The normalized spacial score (nSPS) is 22.2. The first kappa shape index (κ1) is 22.4. The molecule has 0 bridgehead atoms. The summed E-state index contributed by atoms with van der Waals surface area (Å²) in [6.45, 7) is 2.93. The van der Waals surface area contributed by atoms with Crippen LogP contribution >= 0.6 is 0 Å². The predicted molar refractivity (Wildman–Crippen MR) is 116 cm³/mol. The molecule has 2 heterocycles. The molecule has 1 fully saturated rings. The summed E-state index contributed by atoms with van der Waals surface area (Å²) in [5, 5.41) is 10.3. The minimum absolute atomic E-state index is 0.186. The monoisotopic (exact) mass is 443 g/mol. The number of aliphatic carboxylic acids is 1. The van der Waals surface area contributed by atoms with Crippen molar-refractivity contribution in [3.05, 3.63) is 53.6 Å². The number of nitrogens with zero attached hydrogens (tertiary/aromatic N) is 1. The minimum Gasteiger partial charge on any atom is -0.497 e. The summed E-state index contributed by atoms with van der Waals surface area (Å²) in [6.07, 6.45) is 0. The van der Waals surface area contributed by atoms with Gasteiger partial charge in [-0.2, -0.15) is 0 Å². The van der Waals surface area contributed by atoms with Gasteiger partial charge in [-0.05, 0) is 35.4 Å². The Balaban J connectivity index is 1.62. The van der Waals surface area contributed by atoms with Crippen LogP contribution in [0.5, 0.6) is 17.2 Å². The fourth-order valence-corrected chi connectivity index (χ4v) is 4.57. The van der Waals surface area contributed by atoms with Crippen molar-refractivity contribution in [2.45, 2.75) is 12.0 Å². The first-order valence-corrected chi connectivity index (χ1v) is 10.7. The van der Waals surface area contributed by atoms with Gasteiger partial charge in [-0.3, -0.25) is 9.69 Å². The van der Waals surface area contributed by atoms with Gasteiger partial charge in [0.15, 0.2) is 11.5 Å². The van der Waals surface area contributed by atoms with E-state index in [1.807, 2.05) is 42.5 Å². The Bertz CT molecular complexity index is 917. The second-order valence-corrected chi connectivity index (χ2v) is 7.90. The Morgan fingerprint density at radius 2 is 1.78 bits per heavy atom. The van der Waals surface area contributed by atoms with Gasteiger partial charge >= 0.3 is 5.97 Å². The summed E-state index contributed by atoms with van der Waals surface area (Å²) < 4.78 is 27.0. The molecule has 1 saturated heterocycles. The largest absolute Gasteiger partial charge is 0.497 e. The van der Waals surface area contributed by atoms with Crippen molar-refractivity contribution in [2.24, 2.45) is 5.92 Å². The SMILES string of the molecule is COCCOCCN1C[C@@H](c2ccc3c(c2)OCO3)[C@H](C(=O)O)[C@H]1c1ccc(OC)cc1. The van der Waals surface area contributed by atoms with Gasteiger partial charge in [-0.1, -0.05) is 18.2 Å². The fraction of sp³-hybridized carbons (Fsp3) is 0.458. The number of rotatable bonds is 10. The zero-order valence-corrected chi connectivity index (χ0v) is 18.4. The van der Waals surface area contributed by atoms with Crippen LogP contribution in [0.2, 0.25) is 0 Å². The molecule has 0 aliphatic carbocycles. The van der Waals surface area contributed by atoms with Crippen molar-refractivity contribution in [3.63, 3.8) is 0 Å². The molecule has 4 rings (SSSR count). The number of carboxylic acid groups (broad SMARTS) is 1. The zero-order valence-electron chi connectivity index (χ0n) is 18.4. The lowest BCUT2D eigenvalue weighted by molar-refractivity contribution is -0.143. The second-order valence-electron chi connectivity index (χ2n) is 7.90. The lowest BCUT2D eigenvalue weighted by atomic mass is 9.82. The lowest BCUT2D eigenvalue weighted by Gasteiger charge is -2.27. The Hall–Kier alpha value is -2.81. The molecule has 2 aliphatic heterocycles. The van der Waals surface area contributed by atoms with Crippen molar-refractivity contribution in [3.8, 4) is 17.2 Å². The number of ether oxygens (including phenoxy) is 5. The topological polar surface area (TPSA) is 86.7 Å². The van der Waals surface area contributed by atoms with E-state index in [0.29, 0.717) is 44.4 Å². The van der Waals surface area contributed by atoms with Crippen LogP contribution in [0, 0.1) is 5.92 Å². The first-order chi connectivity index (χ1) is 15.6. The molecule has 2 aliphatic rings. The quantitative estimate of drug-likeness (QED) is 0.561. The van der Waals surface area contributed by atoms with Gasteiger partial charge in [0.2, 0.25) is 6.79 Å². The highest BCUT2D eigenvalue weighted by atomic mass is 16.7. The summed E-state index contributed by atoms with van der Waals surface area (Å²) in [6, 6.07) is 13.0. The van der Waals surface area contributed by atoms with E-state index in [2.05, 4.69) is 4.90 Å². The second kappa shape index (κ2) is 10.2. The van der Waals surface area contributed by atoms with Gasteiger partial charge in [0.25, 0.3) is 0 Å². The average molecular weight is 443 g/mol. The molecular weight excluding hydrogens is 414 g/mol. The Kier molecular flexibility index (Phi) is 7.14. The van der Waals surface area contributed by atoms with Crippen molar-refractivity contribution in [2.75, 3.05) is 53.9 Å². The molecule has 0 spiro atoms. The fourth-order valence-electron chi connectivity index (χ4n) is 4.57. The maximum atomic E-state index is 12.5. The number of hydrogen-bond acceptors (Lipinski definition) is 7. The van der Waals surface area contributed by atoms with Crippen LogP contribution in [-0.4, -0.2) is 69.9 Å². The van der Waals surface area contributed by atoms with E-state index in [0.717, 1.165) is 16.9 Å². The van der Waals surface area contributed by atoms with Crippen LogP contribution in [0.4, 0.5) is 0 Å². The van der Waals surface area contributed by atoms with E-state index < -0.39 is 11.9 Å². The molecule has 8 heteroatoms. The third-order valence-electron chi connectivity index (χ3n) is 6.12. The number of carbonyl (C=O) groups is 1. The number of hydrogen-bond donors (Lipinski definition) is 1. The highest BCUT2D eigenvalue weighted by Gasteiger charge is 2.47. The number of methoxy groups -OCH3 is 2. The third-order valence-corrected chi connectivity index (χ3v) is 6.12. The van der Waals surface area contributed by atoms with E-state index in [-0.39, 0.29) is 18.8 Å². The predicted octanol–water partition coefficient (Wildman–Crippen LogP) is 2.93. The van der Waals surface area contributed by atoms with Crippen LogP contribution in [0.3, 0.4) is 0 Å². The Labute approximate surface area is 187 Å². The molecule has 0 unspecified atom stereocenters. The van der Waals surface area contributed by atoms with Crippen LogP contribution < -0.4 is 14.2 Å². The van der Waals surface area contributed by atoms with Crippen LogP contribution in [0.1, 0.15) is 23.1 Å². The zero-order chi connectivity index (χ0) is 22.5. The number of likely N-dealkylation sites (tertiary alicyclic amines) is 1. The van der Waals surface area contributed by atoms with Gasteiger partial charge in [-0.25, -0.2) is 0 Å². The maximum Gasteiger partial charge on any atom is 0.309 e. The molecule has 32 heavy (non-hydrogen) atoms. The number of fused-ring (bicyclic) bond motifs is 1. The first-order valence-electron chi connectivity index (χ1n) is 10.7. The molecule has 172 valence electrons. The maximum absolute atomic E-state index is 12.5. The molecule has 2 aromatic rings. The van der Waals surface area contributed by atoms with Crippen LogP contribution in [-0.2, 0) is 14.3 Å². The Morgan fingerprint density at radius 3 is 2.50 bits per heavy atom. The van der Waals surface area contributed by atoms with E-state index >= 15 is 0 Å². The van der Waals surface area contributed by atoms with Gasteiger partial charge in [0.1, 0.15) is 5.75 Å². The van der Waals surface area contributed by atoms with E-state index in [1.54, 1.807) is 14.2 Å². The molecule has 3 atom stereocenters. The van der Waals surface area contributed by atoms with Gasteiger partial charge < -0.3 is 28.8 Å². The van der Waals surface area contributed by atoms with Crippen molar-refractivity contribution < 1.29 is 33.6 Å². The highest BCUT2D eigenvalue weighted by Crippen LogP contribution is 2.47. The van der Waals surface area contributed by atoms with Crippen molar-refractivity contribution in [1.82, 2.24) is 4.90 Å². The average Bonchev–Trinajstić information content (AvgIpc) is 3.43. The van der Waals surface area contributed by atoms with Crippen LogP contribution in [0.25, 0.3) is 0 Å². The molecule has 0 amide bonds. The highest BCUT2D eigenvalue weighted by molar-refractivity contribution is 5.74. The summed E-state index contributed by atoms with van der Waals surface area (Å²) in [4.78, 5) is 14.7. The molecule has 8 nitrogen and oxygen atoms in total. The van der Waals surface area contributed by atoms with E-state index in [4.69, 9.17) is 23.7 Å². The summed E-state index contributed by atoms with van der Waals surface area (Å²) in [5.41, 5.74) is 1.88. The summed E-state index contributed by atoms with van der Waals surface area (Å²) in [7, 11) is 3.25. The smallest absolute Gasteiger partial charge is 0.309 e. The van der Waals surface area contributed by atoms with Gasteiger partial charge in [0, 0.05) is 32.2 Å². The Morgan fingerprint density at radius 1 is 1.03 bits per heavy atom. The summed E-state index contributed by atoms with van der Waals surface area (Å²) >= 11 is 0. The molecule has 2 aromatic carbocycles. The molecular formula is C24H29NO7. The standard InChI is InChI=1S/C24H29NO7/c1-28-11-12-30-10-9-25-14-19(17-5-8-20-21(13-17)32-15-31-20)22(24(26)27)23(25)16-3-6-18(29-2)7-4-16/h3-8,13,19,22-23H,9-12,14-15H2,1-2H3,(H,26,27)/t19-,22-,23+/m0/s1. The van der Waals surface area contributed by atoms with E-state index in [9.17, 15) is 9.90 Å². The molecule has 0 aromatic heterocycles. The lowest BCUT2D eigenvalue weighted by Crippen LogP contribution is -2.31. The molecule has 0 saturated carbocycles. The van der Waals surface area contributed by atoms with Crippen molar-refractivity contribution in [1.29, 1.82) is 0 Å². The summed E-state index contributed by atoms with van der Waals surface area (Å²) in [5.74, 6) is 0.440. The molecule has 0 radical (unpaired) electrons. The van der Waals surface area contributed by atoms with Crippen molar-refractivity contribution >= 4 is 5.97 Å². The van der Waals surface area contributed by atoms with Gasteiger partial charge in [-0.15, -0.1) is 0 Å². The molecule has 1 N–H and O–H groups in total. The van der Waals surface area contributed by atoms with E-state index in [1.165, 1.54) is 0 Å². The van der Waals surface area contributed by atoms with Crippen LogP contribution in [0.15, 0.2) is 42.5 Å². The number of benzene rings is 2.